The van der Waals surface area contributed by atoms with Gasteiger partial charge >= 0.3 is 0 Å². The van der Waals surface area contributed by atoms with Gasteiger partial charge in [-0.1, -0.05) is 96.6 Å². The van der Waals surface area contributed by atoms with Crippen LogP contribution in [0.15, 0.2) is 107 Å². The second-order valence-corrected chi connectivity index (χ2v) is 8.83. The van der Waals surface area contributed by atoms with Gasteiger partial charge in [0.1, 0.15) is 5.84 Å². The first kappa shape index (κ1) is 19.8. The lowest BCUT2D eigenvalue weighted by Crippen LogP contribution is -2.45. The fourth-order valence-corrected chi connectivity index (χ4v) is 4.89. The Morgan fingerprint density at radius 1 is 0.935 bits per heavy atom. The van der Waals surface area contributed by atoms with Crippen LogP contribution in [0.5, 0.6) is 0 Å². The molecule has 1 heterocycles. The van der Waals surface area contributed by atoms with Gasteiger partial charge in [0.05, 0.1) is 6.04 Å². The van der Waals surface area contributed by atoms with E-state index in [9.17, 15) is 0 Å². The molecule has 0 fully saturated rings. The zero-order valence-electron chi connectivity index (χ0n) is 18.2. The molecule has 0 saturated carbocycles. The molecule has 156 valence electrons. The van der Waals surface area contributed by atoms with Gasteiger partial charge in [0, 0.05) is 12.0 Å². The molecule has 0 bridgehead atoms. The molecule has 2 nitrogen and oxygen atoms in total. The molecule has 3 aliphatic rings. The van der Waals surface area contributed by atoms with Gasteiger partial charge in [-0.15, -0.1) is 0 Å². The van der Waals surface area contributed by atoms with Gasteiger partial charge in [-0.25, -0.2) is 0 Å². The van der Waals surface area contributed by atoms with E-state index in [0.29, 0.717) is 12.0 Å². The van der Waals surface area contributed by atoms with Crippen LogP contribution in [0, 0.1) is 5.92 Å². The molecular formula is C29H30N2. The molecule has 2 aliphatic carbocycles. The molecule has 1 N–H and O–H groups in total. The maximum atomic E-state index is 5.19. The third-order valence-electron chi connectivity index (χ3n) is 6.61. The minimum absolute atomic E-state index is 0.211. The normalized spacial score (nSPS) is 25.6. The Morgan fingerprint density at radius 3 is 2.42 bits per heavy atom. The molecule has 31 heavy (non-hydrogen) atoms. The average Bonchev–Trinajstić information content (AvgIpc) is 2.85. The van der Waals surface area contributed by atoms with Gasteiger partial charge in [0.25, 0.3) is 0 Å². The van der Waals surface area contributed by atoms with Crippen molar-refractivity contribution in [1.82, 2.24) is 5.32 Å². The van der Waals surface area contributed by atoms with Crippen molar-refractivity contribution in [1.29, 1.82) is 0 Å². The van der Waals surface area contributed by atoms with Crippen LogP contribution >= 0.6 is 0 Å². The number of amidine groups is 1. The van der Waals surface area contributed by atoms with Crippen LogP contribution in [0.4, 0.5) is 0 Å². The average molecular weight is 407 g/mol. The van der Waals surface area contributed by atoms with Crippen LogP contribution in [0.1, 0.15) is 49.8 Å². The van der Waals surface area contributed by atoms with Gasteiger partial charge in [-0.05, 0) is 54.9 Å². The highest BCUT2D eigenvalue weighted by molar-refractivity contribution is 5.99. The monoisotopic (exact) mass is 406 g/mol. The second-order valence-electron chi connectivity index (χ2n) is 8.83. The summed E-state index contributed by atoms with van der Waals surface area (Å²) in [6.07, 6.45) is 16.0. The Morgan fingerprint density at radius 2 is 1.71 bits per heavy atom. The number of nitrogens with zero attached hydrogens (tertiary/aromatic N) is 1. The maximum Gasteiger partial charge on any atom is 0.125 e. The van der Waals surface area contributed by atoms with E-state index in [-0.39, 0.29) is 6.04 Å². The van der Waals surface area contributed by atoms with Crippen LogP contribution in [0.2, 0.25) is 0 Å². The van der Waals surface area contributed by atoms with Crippen LogP contribution in [0.3, 0.4) is 0 Å². The van der Waals surface area contributed by atoms with E-state index >= 15 is 0 Å². The van der Waals surface area contributed by atoms with E-state index in [1.807, 2.05) is 0 Å². The Labute approximate surface area is 185 Å². The number of allylic oxidation sites excluding steroid dienone is 6. The molecule has 0 aromatic heterocycles. The van der Waals surface area contributed by atoms with E-state index < -0.39 is 0 Å². The van der Waals surface area contributed by atoms with E-state index in [0.717, 1.165) is 31.5 Å². The molecule has 3 atom stereocenters. The van der Waals surface area contributed by atoms with Gasteiger partial charge in [-0.2, -0.15) is 0 Å². The molecule has 0 spiro atoms. The van der Waals surface area contributed by atoms with Crippen molar-refractivity contribution in [3.05, 3.63) is 113 Å². The zero-order valence-corrected chi connectivity index (χ0v) is 18.2. The SMILES string of the molecule is CC1=CCCC(C2=NC(c3ccccc3)CC(C3C=CC(c4ccccc4)=CC3)N2)=C1. The van der Waals surface area contributed by atoms with Crippen LogP contribution in [-0.2, 0) is 0 Å². The lowest BCUT2D eigenvalue weighted by Gasteiger charge is -2.36. The van der Waals surface area contributed by atoms with Gasteiger partial charge in [0.15, 0.2) is 0 Å². The third kappa shape index (κ3) is 4.49. The molecule has 2 heteroatoms. The first-order valence-corrected chi connectivity index (χ1v) is 11.5. The first-order valence-electron chi connectivity index (χ1n) is 11.5. The molecule has 5 rings (SSSR count). The number of rotatable bonds is 4. The summed E-state index contributed by atoms with van der Waals surface area (Å²) >= 11 is 0. The topological polar surface area (TPSA) is 24.4 Å². The highest BCUT2D eigenvalue weighted by atomic mass is 15.1. The maximum absolute atomic E-state index is 5.19. The first-order chi connectivity index (χ1) is 15.3. The minimum Gasteiger partial charge on any atom is -0.367 e. The Bertz CT molecular complexity index is 1070. The summed E-state index contributed by atoms with van der Waals surface area (Å²) in [4.78, 5) is 5.19. The molecule has 0 saturated heterocycles. The largest absolute Gasteiger partial charge is 0.367 e. The second kappa shape index (κ2) is 8.93. The van der Waals surface area contributed by atoms with E-state index in [4.69, 9.17) is 4.99 Å². The summed E-state index contributed by atoms with van der Waals surface area (Å²) in [6.45, 7) is 2.19. The van der Waals surface area contributed by atoms with Crippen molar-refractivity contribution in [2.24, 2.45) is 10.9 Å². The summed E-state index contributed by atoms with van der Waals surface area (Å²) in [5.74, 6) is 1.58. The molecule has 0 radical (unpaired) electrons. The number of nitrogens with one attached hydrogen (secondary N) is 1. The van der Waals surface area contributed by atoms with Gasteiger partial charge in [-0.3, -0.25) is 4.99 Å². The Hall–Kier alpha value is -3.13. The van der Waals surface area contributed by atoms with E-state index in [1.54, 1.807) is 0 Å². The van der Waals surface area contributed by atoms with Gasteiger partial charge < -0.3 is 5.32 Å². The van der Waals surface area contributed by atoms with Gasteiger partial charge in [0.2, 0.25) is 0 Å². The number of benzene rings is 2. The predicted octanol–water partition coefficient (Wildman–Crippen LogP) is 6.81. The third-order valence-corrected chi connectivity index (χ3v) is 6.61. The lowest BCUT2D eigenvalue weighted by molar-refractivity contribution is 0.387. The highest BCUT2D eigenvalue weighted by Gasteiger charge is 2.30. The number of aliphatic imine (C=N–C) groups is 1. The zero-order chi connectivity index (χ0) is 21.0. The highest BCUT2D eigenvalue weighted by Crippen LogP contribution is 2.34. The fourth-order valence-electron chi connectivity index (χ4n) is 4.89. The smallest absolute Gasteiger partial charge is 0.125 e. The predicted molar refractivity (Wildman–Crippen MR) is 131 cm³/mol. The molecule has 1 aliphatic heterocycles. The van der Waals surface area contributed by atoms with Crippen LogP contribution in [0.25, 0.3) is 5.57 Å². The van der Waals surface area contributed by atoms with Crippen LogP contribution in [-0.4, -0.2) is 11.9 Å². The number of hydrogen-bond acceptors (Lipinski definition) is 2. The fraction of sp³-hybridized carbons (Fsp3) is 0.276. The lowest BCUT2D eigenvalue weighted by atomic mass is 9.83. The van der Waals surface area contributed by atoms with Crippen molar-refractivity contribution in [3.63, 3.8) is 0 Å². The molecule has 2 aromatic rings. The van der Waals surface area contributed by atoms with Crippen molar-refractivity contribution < 1.29 is 0 Å². The summed E-state index contributed by atoms with van der Waals surface area (Å²) in [5.41, 5.74) is 6.64. The summed E-state index contributed by atoms with van der Waals surface area (Å²) in [5, 5.41) is 3.84. The molecular weight excluding hydrogens is 376 g/mol. The van der Waals surface area contributed by atoms with Crippen molar-refractivity contribution in [3.8, 4) is 0 Å². The molecule has 2 aromatic carbocycles. The standard InChI is InChI=1S/C29H30N2/c1-21-9-8-14-26(19-21)29-30-27(24-12-6-3-7-13-24)20-28(31-29)25-17-15-23(16-18-25)22-10-4-2-5-11-22/h2-7,9-13,15-17,19,25,27-28H,8,14,18,20H2,1H3,(H,30,31). The summed E-state index contributed by atoms with van der Waals surface area (Å²) in [7, 11) is 0. The van der Waals surface area contributed by atoms with E-state index in [1.165, 1.54) is 27.8 Å². The number of hydrogen-bond donors (Lipinski definition) is 1. The van der Waals surface area contributed by atoms with Crippen molar-refractivity contribution >= 4 is 11.4 Å². The molecule has 0 amide bonds. The van der Waals surface area contributed by atoms with Crippen molar-refractivity contribution in [2.75, 3.05) is 0 Å². The Kier molecular flexibility index (Phi) is 5.71. The summed E-state index contributed by atoms with van der Waals surface area (Å²) in [6, 6.07) is 22.1. The summed E-state index contributed by atoms with van der Waals surface area (Å²) < 4.78 is 0. The van der Waals surface area contributed by atoms with E-state index in [2.05, 4.69) is 103 Å². The minimum atomic E-state index is 0.211. The van der Waals surface area contributed by atoms with Crippen LogP contribution < -0.4 is 5.32 Å². The quantitative estimate of drug-likeness (QED) is 0.592. The Balaban J connectivity index is 1.40. The molecule has 3 unspecified atom stereocenters. The van der Waals surface area contributed by atoms with Crippen molar-refractivity contribution in [2.45, 2.75) is 44.7 Å².